The highest BCUT2D eigenvalue weighted by Crippen LogP contribution is 2.29. The smallest absolute Gasteiger partial charge is 0.0107 e. The van der Waals surface area contributed by atoms with Crippen LogP contribution in [0, 0.1) is 27.7 Å². The number of aryl methyl sites for hydroxylation is 1. The number of thioether (sulfide) groups is 1. The van der Waals surface area contributed by atoms with E-state index in [4.69, 9.17) is 0 Å². The van der Waals surface area contributed by atoms with Gasteiger partial charge in [0.2, 0.25) is 0 Å². The second kappa shape index (κ2) is 5.60. The van der Waals surface area contributed by atoms with Gasteiger partial charge in [0, 0.05) is 4.90 Å². The average Bonchev–Trinajstić information content (AvgIpc) is 2.23. The summed E-state index contributed by atoms with van der Waals surface area (Å²) in [6, 6.07) is 2.35. The molecule has 0 spiro atoms. The van der Waals surface area contributed by atoms with Crippen LogP contribution in [-0.4, -0.2) is 5.75 Å². The van der Waals surface area contributed by atoms with Crippen molar-refractivity contribution in [2.45, 2.75) is 52.4 Å². The van der Waals surface area contributed by atoms with Gasteiger partial charge < -0.3 is 0 Å². The standard InChI is InChI=1S/C14H22S/c1-6-7-8-15-14-9-10(2)11(3)12(4)13(14)5/h9H,6-8H2,1-5H3. The summed E-state index contributed by atoms with van der Waals surface area (Å²) in [6.45, 7) is 11.2. The van der Waals surface area contributed by atoms with Crippen LogP contribution >= 0.6 is 11.8 Å². The van der Waals surface area contributed by atoms with Crippen LogP contribution < -0.4 is 0 Å². The molecule has 1 rings (SSSR count). The maximum absolute atomic E-state index is 2.35. The second-order valence-corrected chi connectivity index (χ2v) is 5.41. The molecule has 84 valence electrons. The molecule has 0 atom stereocenters. The van der Waals surface area contributed by atoms with E-state index in [1.807, 2.05) is 11.8 Å². The lowest BCUT2D eigenvalue weighted by Gasteiger charge is -2.13. The van der Waals surface area contributed by atoms with Gasteiger partial charge in [0.15, 0.2) is 0 Å². The van der Waals surface area contributed by atoms with Crippen molar-refractivity contribution in [3.8, 4) is 0 Å². The Morgan fingerprint density at radius 2 is 1.67 bits per heavy atom. The maximum atomic E-state index is 2.35. The van der Waals surface area contributed by atoms with Gasteiger partial charge in [-0.05, 0) is 68.2 Å². The Labute approximate surface area is 98.5 Å². The molecule has 1 heteroatoms. The molecule has 0 heterocycles. The van der Waals surface area contributed by atoms with Gasteiger partial charge in [-0.1, -0.05) is 13.3 Å². The molecule has 0 saturated heterocycles. The van der Waals surface area contributed by atoms with Crippen LogP contribution in [0.15, 0.2) is 11.0 Å². The third-order valence-electron chi connectivity index (χ3n) is 3.19. The van der Waals surface area contributed by atoms with E-state index >= 15 is 0 Å². The molecule has 0 aromatic heterocycles. The van der Waals surface area contributed by atoms with Gasteiger partial charge in [0.25, 0.3) is 0 Å². The minimum Gasteiger partial charge on any atom is -0.126 e. The molecule has 0 aliphatic heterocycles. The van der Waals surface area contributed by atoms with Gasteiger partial charge in [0.1, 0.15) is 0 Å². The first-order valence-corrected chi connectivity index (χ1v) is 6.76. The van der Waals surface area contributed by atoms with E-state index in [1.165, 1.54) is 45.7 Å². The van der Waals surface area contributed by atoms with Crippen LogP contribution in [0.25, 0.3) is 0 Å². The van der Waals surface area contributed by atoms with Crippen molar-refractivity contribution in [2.75, 3.05) is 5.75 Å². The van der Waals surface area contributed by atoms with E-state index in [1.54, 1.807) is 0 Å². The van der Waals surface area contributed by atoms with E-state index in [2.05, 4.69) is 40.7 Å². The van der Waals surface area contributed by atoms with Gasteiger partial charge in [-0.3, -0.25) is 0 Å². The van der Waals surface area contributed by atoms with Gasteiger partial charge >= 0.3 is 0 Å². The molecule has 0 unspecified atom stereocenters. The van der Waals surface area contributed by atoms with Gasteiger partial charge in [-0.15, -0.1) is 11.8 Å². The Morgan fingerprint density at radius 3 is 2.27 bits per heavy atom. The van der Waals surface area contributed by atoms with E-state index in [0.717, 1.165) is 0 Å². The number of hydrogen-bond donors (Lipinski definition) is 0. The van der Waals surface area contributed by atoms with Gasteiger partial charge in [-0.2, -0.15) is 0 Å². The zero-order valence-electron chi connectivity index (χ0n) is 10.6. The van der Waals surface area contributed by atoms with E-state index < -0.39 is 0 Å². The summed E-state index contributed by atoms with van der Waals surface area (Å²) in [5.41, 5.74) is 5.82. The number of hydrogen-bond acceptors (Lipinski definition) is 1. The molecular weight excluding hydrogens is 200 g/mol. The first kappa shape index (κ1) is 12.6. The van der Waals surface area contributed by atoms with Crippen LogP contribution in [-0.2, 0) is 0 Å². The highest BCUT2D eigenvalue weighted by atomic mass is 32.2. The minimum absolute atomic E-state index is 1.25. The van der Waals surface area contributed by atoms with Crippen molar-refractivity contribution in [2.24, 2.45) is 0 Å². The SMILES string of the molecule is CCCCSc1cc(C)c(C)c(C)c1C. The van der Waals surface area contributed by atoms with Crippen molar-refractivity contribution in [3.05, 3.63) is 28.3 Å². The fourth-order valence-electron chi connectivity index (χ4n) is 1.65. The summed E-state index contributed by atoms with van der Waals surface area (Å²) in [4.78, 5) is 1.48. The lowest BCUT2D eigenvalue weighted by molar-refractivity contribution is 0.895. The first-order chi connectivity index (χ1) is 7.07. The Bertz CT molecular complexity index is 340. The molecule has 1 aromatic carbocycles. The first-order valence-electron chi connectivity index (χ1n) is 5.78. The predicted octanol–water partition coefficient (Wildman–Crippen LogP) is 4.81. The van der Waals surface area contributed by atoms with Crippen LogP contribution in [0.3, 0.4) is 0 Å². The van der Waals surface area contributed by atoms with Crippen molar-refractivity contribution in [1.82, 2.24) is 0 Å². The number of rotatable bonds is 4. The summed E-state index contributed by atoms with van der Waals surface area (Å²) >= 11 is 2.01. The van der Waals surface area contributed by atoms with Crippen LogP contribution in [0.1, 0.15) is 42.0 Å². The van der Waals surface area contributed by atoms with Crippen molar-refractivity contribution in [3.63, 3.8) is 0 Å². The second-order valence-electron chi connectivity index (χ2n) is 4.27. The Morgan fingerprint density at radius 1 is 1.00 bits per heavy atom. The third-order valence-corrected chi connectivity index (χ3v) is 4.42. The number of unbranched alkanes of at least 4 members (excludes halogenated alkanes) is 1. The number of benzene rings is 1. The Hall–Kier alpha value is -0.430. The monoisotopic (exact) mass is 222 g/mol. The molecule has 0 saturated carbocycles. The molecule has 0 aliphatic carbocycles. The fraction of sp³-hybridized carbons (Fsp3) is 0.571. The van der Waals surface area contributed by atoms with Crippen LogP contribution in [0.5, 0.6) is 0 Å². The molecule has 0 N–H and O–H groups in total. The predicted molar refractivity (Wildman–Crippen MR) is 71.0 cm³/mol. The minimum atomic E-state index is 1.25. The molecule has 0 fully saturated rings. The molecular formula is C14H22S. The average molecular weight is 222 g/mol. The molecule has 1 aromatic rings. The summed E-state index contributed by atoms with van der Waals surface area (Å²) < 4.78 is 0. The summed E-state index contributed by atoms with van der Waals surface area (Å²) in [6.07, 6.45) is 2.60. The van der Waals surface area contributed by atoms with Gasteiger partial charge in [-0.25, -0.2) is 0 Å². The molecule has 0 bridgehead atoms. The van der Waals surface area contributed by atoms with Crippen LogP contribution in [0.2, 0.25) is 0 Å². The zero-order chi connectivity index (χ0) is 11.4. The lowest BCUT2D eigenvalue weighted by atomic mass is 10.00. The lowest BCUT2D eigenvalue weighted by Crippen LogP contribution is -1.94. The van der Waals surface area contributed by atoms with Crippen molar-refractivity contribution < 1.29 is 0 Å². The summed E-state index contributed by atoms with van der Waals surface area (Å²) in [5.74, 6) is 1.25. The Kier molecular flexibility index (Phi) is 4.72. The van der Waals surface area contributed by atoms with E-state index in [-0.39, 0.29) is 0 Å². The van der Waals surface area contributed by atoms with Gasteiger partial charge in [0.05, 0.1) is 0 Å². The third kappa shape index (κ3) is 3.01. The zero-order valence-corrected chi connectivity index (χ0v) is 11.4. The van der Waals surface area contributed by atoms with E-state index in [9.17, 15) is 0 Å². The highest BCUT2D eigenvalue weighted by Gasteiger charge is 2.06. The molecule has 0 radical (unpaired) electrons. The summed E-state index contributed by atoms with van der Waals surface area (Å²) in [5, 5.41) is 0. The summed E-state index contributed by atoms with van der Waals surface area (Å²) in [7, 11) is 0. The molecule has 0 amide bonds. The van der Waals surface area contributed by atoms with E-state index in [0.29, 0.717) is 0 Å². The topological polar surface area (TPSA) is 0 Å². The fourth-order valence-corrected chi connectivity index (χ4v) is 2.93. The normalized spacial score (nSPS) is 10.7. The van der Waals surface area contributed by atoms with Crippen LogP contribution in [0.4, 0.5) is 0 Å². The quantitative estimate of drug-likeness (QED) is 0.520. The van der Waals surface area contributed by atoms with Crippen molar-refractivity contribution >= 4 is 11.8 Å². The highest BCUT2D eigenvalue weighted by molar-refractivity contribution is 7.99. The Balaban J connectivity index is 2.89. The molecule has 0 nitrogen and oxygen atoms in total. The van der Waals surface area contributed by atoms with Crippen molar-refractivity contribution in [1.29, 1.82) is 0 Å². The molecule has 0 aliphatic rings. The maximum Gasteiger partial charge on any atom is 0.0107 e. The molecule has 15 heavy (non-hydrogen) atoms. The largest absolute Gasteiger partial charge is 0.126 e.